The molecule has 2 aromatic rings. The summed E-state index contributed by atoms with van der Waals surface area (Å²) in [6, 6.07) is 6.16. The molecule has 0 atom stereocenters. The van der Waals surface area contributed by atoms with Crippen LogP contribution in [0.15, 0.2) is 22.7 Å². The molecule has 1 nitrogen and oxygen atoms in total. The number of aliphatic hydroxyl groups excluding tert-OH is 1. The molecule has 68 valence electrons. The van der Waals surface area contributed by atoms with E-state index >= 15 is 0 Å². The molecule has 13 heavy (non-hydrogen) atoms. The number of hydrogen-bond acceptors (Lipinski definition) is 2. The first-order chi connectivity index (χ1) is 6.20. The number of fused-ring (bicyclic) bond motifs is 1. The first kappa shape index (κ1) is 9.19. The van der Waals surface area contributed by atoms with Crippen molar-refractivity contribution in [2.75, 3.05) is 0 Å². The van der Waals surface area contributed by atoms with Crippen LogP contribution in [0.4, 0.5) is 0 Å². The van der Waals surface area contributed by atoms with Crippen molar-refractivity contribution in [1.29, 1.82) is 0 Å². The van der Waals surface area contributed by atoms with E-state index in [0.717, 1.165) is 10.0 Å². The van der Waals surface area contributed by atoms with Crippen molar-refractivity contribution in [3.63, 3.8) is 0 Å². The fourth-order valence-corrected chi connectivity index (χ4v) is 3.13. The number of hydrogen-bond donors (Lipinski definition) is 1. The zero-order valence-corrected chi connectivity index (χ0v) is 9.58. The van der Waals surface area contributed by atoms with E-state index in [2.05, 4.69) is 28.9 Å². The number of aliphatic hydroxyl groups is 1. The second-order valence-electron chi connectivity index (χ2n) is 3.00. The number of benzene rings is 1. The van der Waals surface area contributed by atoms with Gasteiger partial charge >= 0.3 is 0 Å². The minimum atomic E-state index is 0.103. The molecule has 1 aromatic carbocycles. The van der Waals surface area contributed by atoms with Crippen LogP contribution < -0.4 is 0 Å². The normalized spacial score (nSPS) is 11.0. The number of thiophene rings is 1. The Morgan fingerprint density at radius 1 is 1.38 bits per heavy atom. The molecule has 0 amide bonds. The van der Waals surface area contributed by atoms with E-state index in [9.17, 15) is 0 Å². The third kappa shape index (κ3) is 1.64. The van der Waals surface area contributed by atoms with Crippen molar-refractivity contribution < 1.29 is 5.11 Å². The summed E-state index contributed by atoms with van der Waals surface area (Å²) >= 11 is 5.25. The van der Waals surface area contributed by atoms with E-state index < -0.39 is 0 Å². The summed E-state index contributed by atoms with van der Waals surface area (Å²) in [7, 11) is 0. The minimum absolute atomic E-state index is 0.103. The lowest BCUT2D eigenvalue weighted by Crippen LogP contribution is -1.81. The molecule has 0 fully saturated rings. The third-order valence-electron chi connectivity index (χ3n) is 1.95. The summed E-state index contributed by atoms with van der Waals surface area (Å²) in [6.45, 7) is 2.20. The quantitative estimate of drug-likeness (QED) is 0.829. The lowest BCUT2D eigenvalue weighted by atomic mass is 10.2. The van der Waals surface area contributed by atoms with Crippen LogP contribution in [0.2, 0.25) is 0 Å². The summed E-state index contributed by atoms with van der Waals surface area (Å²) in [4.78, 5) is 1.30. The van der Waals surface area contributed by atoms with E-state index in [1.807, 2.05) is 12.1 Å². The molecule has 2 rings (SSSR count). The highest BCUT2D eigenvalue weighted by Gasteiger charge is 2.04. The van der Waals surface area contributed by atoms with Crippen LogP contribution in [0.1, 0.15) is 10.4 Å². The fourth-order valence-electron chi connectivity index (χ4n) is 1.37. The van der Waals surface area contributed by atoms with Crippen LogP contribution in [-0.2, 0) is 6.61 Å². The van der Waals surface area contributed by atoms with Gasteiger partial charge in [-0.2, -0.15) is 0 Å². The van der Waals surface area contributed by atoms with Gasteiger partial charge in [0.1, 0.15) is 0 Å². The van der Waals surface area contributed by atoms with Gasteiger partial charge in [0.25, 0.3) is 0 Å². The van der Waals surface area contributed by atoms with Gasteiger partial charge in [0.2, 0.25) is 0 Å². The third-order valence-corrected chi connectivity index (χ3v) is 3.61. The molecule has 0 radical (unpaired) electrons. The highest BCUT2D eigenvalue weighted by molar-refractivity contribution is 9.10. The van der Waals surface area contributed by atoms with E-state index in [-0.39, 0.29) is 6.61 Å². The Morgan fingerprint density at radius 3 is 2.85 bits per heavy atom. The smallest absolute Gasteiger partial charge is 0.0682 e. The first-order valence-corrected chi connectivity index (χ1v) is 5.61. The topological polar surface area (TPSA) is 20.2 Å². The van der Waals surface area contributed by atoms with Gasteiger partial charge in [0.05, 0.1) is 6.61 Å². The molecule has 0 aliphatic carbocycles. The minimum Gasteiger partial charge on any atom is -0.392 e. The van der Waals surface area contributed by atoms with Crippen molar-refractivity contribution in [3.8, 4) is 0 Å². The van der Waals surface area contributed by atoms with Crippen molar-refractivity contribution >= 4 is 37.4 Å². The van der Waals surface area contributed by atoms with Crippen LogP contribution >= 0.6 is 27.3 Å². The fraction of sp³-hybridized carbons (Fsp3) is 0.200. The number of halogens is 1. The Hall–Kier alpha value is -0.380. The van der Waals surface area contributed by atoms with Crippen LogP contribution in [0.3, 0.4) is 0 Å². The van der Waals surface area contributed by atoms with Gasteiger partial charge in [-0.1, -0.05) is 15.9 Å². The van der Waals surface area contributed by atoms with E-state index in [1.54, 1.807) is 11.3 Å². The molecule has 0 unspecified atom stereocenters. The summed E-state index contributed by atoms with van der Waals surface area (Å²) in [5.41, 5.74) is 0.959. The van der Waals surface area contributed by atoms with E-state index in [1.165, 1.54) is 15.0 Å². The Morgan fingerprint density at radius 2 is 2.15 bits per heavy atom. The lowest BCUT2D eigenvalue weighted by Gasteiger charge is -1.98. The van der Waals surface area contributed by atoms with Gasteiger partial charge in [-0.05, 0) is 30.7 Å². The van der Waals surface area contributed by atoms with Gasteiger partial charge in [-0.3, -0.25) is 0 Å². The maximum absolute atomic E-state index is 9.01. The zero-order valence-electron chi connectivity index (χ0n) is 7.17. The van der Waals surface area contributed by atoms with E-state index in [0.29, 0.717) is 0 Å². The number of aryl methyl sites for hydroxylation is 1. The highest BCUT2D eigenvalue weighted by Crippen LogP contribution is 2.32. The largest absolute Gasteiger partial charge is 0.392 e. The molecule has 0 spiro atoms. The molecule has 0 aliphatic heterocycles. The van der Waals surface area contributed by atoms with Crippen molar-refractivity contribution in [2.24, 2.45) is 0 Å². The van der Waals surface area contributed by atoms with Crippen LogP contribution in [0.25, 0.3) is 10.1 Å². The van der Waals surface area contributed by atoms with Crippen molar-refractivity contribution in [1.82, 2.24) is 0 Å². The summed E-state index contributed by atoms with van der Waals surface area (Å²) in [5, 5.41) is 10.2. The predicted octanol–water partition coefficient (Wildman–Crippen LogP) is 3.46. The van der Waals surface area contributed by atoms with Gasteiger partial charge in [-0.25, -0.2) is 0 Å². The Bertz CT molecular complexity index is 447. The zero-order chi connectivity index (χ0) is 9.42. The molecule has 1 aromatic heterocycles. The second-order valence-corrected chi connectivity index (χ2v) is 5.15. The Kier molecular flexibility index (Phi) is 2.41. The molecule has 0 saturated carbocycles. The SMILES string of the molecule is Cc1cc2c(Br)cc(CO)cc2s1. The van der Waals surface area contributed by atoms with E-state index in [4.69, 9.17) is 5.11 Å². The van der Waals surface area contributed by atoms with Crippen LogP contribution in [0, 0.1) is 6.92 Å². The van der Waals surface area contributed by atoms with Crippen molar-refractivity contribution in [3.05, 3.63) is 33.1 Å². The van der Waals surface area contributed by atoms with Crippen molar-refractivity contribution in [2.45, 2.75) is 13.5 Å². The predicted molar refractivity (Wildman–Crippen MR) is 60.2 cm³/mol. The average molecular weight is 257 g/mol. The molecular weight excluding hydrogens is 248 g/mol. The van der Waals surface area contributed by atoms with Gasteiger partial charge in [0.15, 0.2) is 0 Å². The summed E-state index contributed by atoms with van der Waals surface area (Å²) < 4.78 is 2.30. The highest BCUT2D eigenvalue weighted by atomic mass is 79.9. The summed E-state index contributed by atoms with van der Waals surface area (Å²) in [5.74, 6) is 0. The monoisotopic (exact) mass is 256 g/mol. The Labute approximate surface area is 89.1 Å². The Balaban J connectivity index is 2.75. The lowest BCUT2D eigenvalue weighted by molar-refractivity contribution is 0.282. The second kappa shape index (κ2) is 3.40. The molecule has 0 aliphatic rings. The maximum atomic E-state index is 9.01. The molecule has 1 N–H and O–H groups in total. The average Bonchev–Trinajstić information content (AvgIpc) is 2.46. The first-order valence-electron chi connectivity index (χ1n) is 4.00. The van der Waals surface area contributed by atoms with Gasteiger partial charge in [-0.15, -0.1) is 11.3 Å². The van der Waals surface area contributed by atoms with Crippen LogP contribution in [0.5, 0.6) is 0 Å². The standard InChI is InChI=1S/C10H9BrOS/c1-6-2-8-9(11)3-7(5-12)4-10(8)13-6/h2-4,12H,5H2,1H3. The molecule has 1 heterocycles. The molecule has 3 heteroatoms. The number of rotatable bonds is 1. The molecule has 0 saturated heterocycles. The molecular formula is C10H9BrOS. The summed E-state index contributed by atoms with van der Waals surface area (Å²) in [6.07, 6.45) is 0. The van der Waals surface area contributed by atoms with Gasteiger partial charge in [0, 0.05) is 19.4 Å². The maximum Gasteiger partial charge on any atom is 0.0682 e. The van der Waals surface area contributed by atoms with Gasteiger partial charge < -0.3 is 5.11 Å². The van der Waals surface area contributed by atoms with Crippen LogP contribution in [-0.4, -0.2) is 5.11 Å². The molecule has 0 bridgehead atoms.